The van der Waals surface area contributed by atoms with Gasteiger partial charge in [-0.05, 0) is 36.6 Å². The van der Waals surface area contributed by atoms with E-state index >= 15 is 0 Å². The summed E-state index contributed by atoms with van der Waals surface area (Å²) in [5.41, 5.74) is 3.91. The molecule has 0 aliphatic carbocycles. The smallest absolute Gasteiger partial charge is 0.191 e. The predicted molar refractivity (Wildman–Crippen MR) is 101 cm³/mol. The van der Waals surface area contributed by atoms with Crippen LogP contribution in [0.3, 0.4) is 0 Å². The summed E-state index contributed by atoms with van der Waals surface area (Å²) in [6.07, 6.45) is 4.08. The molecular weight excluding hydrogens is 346 g/mol. The summed E-state index contributed by atoms with van der Waals surface area (Å²) in [6.45, 7) is 4.07. The van der Waals surface area contributed by atoms with Gasteiger partial charge in [-0.3, -0.25) is 4.79 Å². The lowest BCUT2D eigenvalue weighted by molar-refractivity contribution is -0.117. The van der Waals surface area contributed by atoms with Gasteiger partial charge >= 0.3 is 0 Å². The molecule has 0 aliphatic heterocycles. The van der Waals surface area contributed by atoms with Gasteiger partial charge in [-0.1, -0.05) is 36.0 Å². The molecule has 0 aliphatic rings. The molecule has 3 rings (SSSR count). The van der Waals surface area contributed by atoms with Crippen LogP contribution in [-0.4, -0.2) is 30.7 Å². The summed E-state index contributed by atoms with van der Waals surface area (Å²) in [5.74, 6) is 0.135. The molecule has 0 radical (unpaired) electrons. The summed E-state index contributed by atoms with van der Waals surface area (Å²) < 4.78 is 1.90. The number of benzene rings is 1. The first-order chi connectivity index (χ1) is 12.5. The van der Waals surface area contributed by atoms with Crippen molar-refractivity contribution in [3.8, 4) is 0 Å². The molecule has 0 saturated carbocycles. The van der Waals surface area contributed by atoms with E-state index in [-0.39, 0.29) is 11.0 Å². The first-order valence-corrected chi connectivity index (χ1v) is 9.28. The van der Waals surface area contributed by atoms with Crippen molar-refractivity contribution in [3.05, 3.63) is 65.2 Å². The Hall–Kier alpha value is -2.54. The average Bonchev–Trinajstić information content (AvgIpc) is 3.00. The standard InChI is InChI=1S/C19H21N5OS/c1-13-7-17(22-20-11-13)10-18(25)9-15-5-4-6-16(8-15)14(2)26-19-23-21-12-24(19)3/h4-8,11-12,14H,9-10H2,1-3H3/t14-/m0/s1. The van der Waals surface area contributed by atoms with E-state index in [2.05, 4.69) is 39.5 Å². The summed E-state index contributed by atoms with van der Waals surface area (Å²) in [7, 11) is 1.93. The second kappa shape index (κ2) is 8.23. The van der Waals surface area contributed by atoms with Crippen molar-refractivity contribution in [2.75, 3.05) is 0 Å². The highest BCUT2D eigenvalue weighted by atomic mass is 32.2. The van der Waals surface area contributed by atoms with Crippen LogP contribution < -0.4 is 0 Å². The third-order valence-electron chi connectivity index (χ3n) is 3.99. The zero-order chi connectivity index (χ0) is 18.5. The zero-order valence-corrected chi connectivity index (χ0v) is 15.9. The van der Waals surface area contributed by atoms with Crippen molar-refractivity contribution < 1.29 is 4.79 Å². The van der Waals surface area contributed by atoms with Crippen LogP contribution in [0.5, 0.6) is 0 Å². The molecule has 1 atom stereocenters. The molecule has 0 unspecified atom stereocenters. The number of carbonyl (C=O) groups is 1. The molecule has 1 aromatic carbocycles. The van der Waals surface area contributed by atoms with Crippen LogP contribution in [0.15, 0.2) is 48.0 Å². The molecule has 7 heteroatoms. The van der Waals surface area contributed by atoms with E-state index in [0.717, 1.165) is 22.0 Å². The van der Waals surface area contributed by atoms with Crippen LogP contribution in [0.1, 0.15) is 34.6 Å². The first kappa shape index (κ1) is 18.3. The lowest BCUT2D eigenvalue weighted by Gasteiger charge is -2.12. The van der Waals surface area contributed by atoms with Crippen molar-refractivity contribution in [3.63, 3.8) is 0 Å². The van der Waals surface area contributed by atoms with Gasteiger partial charge in [-0.2, -0.15) is 10.2 Å². The topological polar surface area (TPSA) is 73.6 Å². The number of aryl methyl sites for hydroxylation is 2. The van der Waals surface area contributed by atoms with Crippen molar-refractivity contribution in [1.82, 2.24) is 25.0 Å². The van der Waals surface area contributed by atoms with Gasteiger partial charge in [0.2, 0.25) is 0 Å². The maximum atomic E-state index is 12.4. The van der Waals surface area contributed by atoms with Gasteiger partial charge in [-0.15, -0.1) is 10.2 Å². The summed E-state index contributed by atoms with van der Waals surface area (Å²) in [5, 5.41) is 17.0. The molecule has 2 heterocycles. The molecule has 0 amide bonds. The van der Waals surface area contributed by atoms with Gasteiger partial charge in [0.05, 0.1) is 18.3 Å². The molecule has 134 valence electrons. The van der Waals surface area contributed by atoms with E-state index in [1.807, 2.05) is 36.7 Å². The molecular formula is C19H21N5OS. The molecule has 0 saturated heterocycles. The van der Waals surface area contributed by atoms with Gasteiger partial charge in [0, 0.05) is 18.7 Å². The predicted octanol–water partition coefficient (Wildman–Crippen LogP) is 3.12. The Balaban J connectivity index is 1.65. The van der Waals surface area contributed by atoms with E-state index < -0.39 is 0 Å². The minimum atomic E-state index is 0.135. The maximum absolute atomic E-state index is 12.4. The second-order valence-electron chi connectivity index (χ2n) is 6.35. The van der Waals surface area contributed by atoms with Crippen LogP contribution in [0.4, 0.5) is 0 Å². The number of Topliss-reactive ketones (excluding diaryl/α,β-unsaturated/α-hetero) is 1. The fourth-order valence-corrected chi connectivity index (χ4v) is 3.57. The molecule has 0 fully saturated rings. The third-order valence-corrected chi connectivity index (χ3v) is 5.20. The largest absolute Gasteiger partial charge is 0.312 e. The highest BCUT2D eigenvalue weighted by Gasteiger charge is 2.13. The summed E-state index contributed by atoms with van der Waals surface area (Å²) in [6, 6.07) is 10.1. The summed E-state index contributed by atoms with van der Waals surface area (Å²) >= 11 is 1.65. The molecule has 0 bridgehead atoms. The van der Waals surface area contributed by atoms with E-state index in [1.165, 1.54) is 5.56 Å². The van der Waals surface area contributed by atoms with Gasteiger partial charge in [0.15, 0.2) is 5.16 Å². The van der Waals surface area contributed by atoms with E-state index in [9.17, 15) is 4.79 Å². The number of carbonyl (C=O) groups excluding carboxylic acids is 1. The van der Waals surface area contributed by atoms with Crippen LogP contribution in [0.25, 0.3) is 0 Å². The van der Waals surface area contributed by atoms with Crippen molar-refractivity contribution in [2.45, 2.75) is 37.1 Å². The van der Waals surface area contributed by atoms with Gasteiger partial charge in [0.25, 0.3) is 0 Å². The highest BCUT2D eigenvalue weighted by molar-refractivity contribution is 7.99. The highest BCUT2D eigenvalue weighted by Crippen LogP contribution is 2.33. The number of nitrogens with zero attached hydrogens (tertiary/aromatic N) is 5. The van der Waals surface area contributed by atoms with Crippen molar-refractivity contribution >= 4 is 17.5 Å². The Bertz CT molecular complexity index is 908. The van der Waals surface area contributed by atoms with Crippen LogP contribution in [0.2, 0.25) is 0 Å². The quantitative estimate of drug-likeness (QED) is 0.597. The average molecular weight is 367 g/mol. The lowest BCUT2D eigenvalue weighted by Crippen LogP contribution is -2.09. The molecule has 26 heavy (non-hydrogen) atoms. The third kappa shape index (κ3) is 4.76. The first-order valence-electron chi connectivity index (χ1n) is 8.40. The van der Waals surface area contributed by atoms with E-state index in [0.29, 0.717) is 12.8 Å². The molecule has 6 nitrogen and oxygen atoms in total. The Morgan fingerprint density at radius 2 is 2.04 bits per heavy atom. The Morgan fingerprint density at radius 1 is 1.19 bits per heavy atom. The van der Waals surface area contributed by atoms with Crippen molar-refractivity contribution in [2.24, 2.45) is 7.05 Å². The number of ketones is 1. The molecule has 0 spiro atoms. The normalized spacial score (nSPS) is 12.1. The van der Waals surface area contributed by atoms with E-state index in [4.69, 9.17) is 0 Å². The number of thioether (sulfide) groups is 1. The van der Waals surface area contributed by atoms with Crippen LogP contribution in [0, 0.1) is 6.92 Å². The lowest BCUT2D eigenvalue weighted by atomic mass is 10.0. The Labute approximate surface area is 157 Å². The van der Waals surface area contributed by atoms with Gasteiger partial charge in [0.1, 0.15) is 12.1 Å². The van der Waals surface area contributed by atoms with Gasteiger partial charge in [-0.25, -0.2) is 0 Å². The van der Waals surface area contributed by atoms with Gasteiger partial charge < -0.3 is 4.57 Å². The summed E-state index contributed by atoms with van der Waals surface area (Å²) in [4.78, 5) is 12.4. The minimum Gasteiger partial charge on any atom is -0.312 e. The van der Waals surface area contributed by atoms with E-state index in [1.54, 1.807) is 24.3 Å². The second-order valence-corrected chi connectivity index (χ2v) is 7.65. The fraction of sp³-hybridized carbons (Fsp3) is 0.316. The van der Waals surface area contributed by atoms with Crippen molar-refractivity contribution in [1.29, 1.82) is 0 Å². The number of aromatic nitrogens is 5. The monoisotopic (exact) mass is 367 g/mol. The fourth-order valence-electron chi connectivity index (χ4n) is 2.66. The Kier molecular flexibility index (Phi) is 5.78. The zero-order valence-electron chi connectivity index (χ0n) is 15.1. The SMILES string of the molecule is Cc1cnnc(CC(=O)Cc2cccc([C@H](C)Sc3nncn3C)c2)c1. The maximum Gasteiger partial charge on any atom is 0.191 e. The molecule has 3 aromatic rings. The van der Waals surface area contributed by atoms with Crippen LogP contribution >= 0.6 is 11.8 Å². The Morgan fingerprint density at radius 3 is 2.77 bits per heavy atom. The molecule has 2 aromatic heterocycles. The molecule has 0 N–H and O–H groups in total. The minimum absolute atomic E-state index is 0.135. The van der Waals surface area contributed by atoms with Crippen LogP contribution in [-0.2, 0) is 24.7 Å². The number of hydrogen-bond acceptors (Lipinski definition) is 6. The number of hydrogen-bond donors (Lipinski definition) is 0. The number of rotatable bonds is 7.